The first-order chi connectivity index (χ1) is 16.5. The van der Waals surface area contributed by atoms with Crippen molar-refractivity contribution in [3.05, 3.63) is 109 Å². The van der Waals surface area contributed by atoms with Crippen LogP contribution in [0.5, 0.6) is 11.5 Å². The number of hydrogen-bond acceptors (Lipinski definition) is 6. The van der Waals surface area contributed by atoms with E-state index in [1.54, 1.807) is 6.92 Å². The lowest BCUT2D eigenvalue weighted by atomic mass is 9.97. The number of aryl methyl sites for hydroxylation is 1. The maximum Gasteiger partial charge on any atom is 0.338 e. The predicted octanol–water partition coefficient (Wildman–Crippen LogP) is 6.32. The maximum atomic E-state index is 11.3. The first-order valence-electron chi connectivity index (χ1n) is 10.4. The molecule has 0 aliphatic rings. The molecule has 0 spiro atoms. The first-order valence-corrected chi connectivity index (χ1v) is 10.4. The number of ether oxygens (including phenoxy) is 4. The summed E-state index contributed by atoms with van der Waals surface area (Å²) in [6.45, 7) is 7.41. The summed E-state index contributed by atoms with van der Waals surface area (Å²) < 4.78 is 20.1. The van der Waals surface area contributed by atoms with Gasteiger partial charge in [-0.15, -0.1) is 0 Å². The van der Waals surface area contributed by atoms with E-state index in [4.69, 9.17) is 14.2 Å². The SMILES string of the molecule is C=C(C)C(=O)O/C=C\Oc1ccc(-c2ccc(-c3ccc(O/C=C\OC=O)cc3C)cc2)cc1. The molecule has 3 aromatic rings. The maximum absolute atomic E-state index is 11.3. The summed E-state index contributed by atoms with van der Waals surface area (Å²) in [6, 6.07) is 21.6. The van der Waals surface area contributed by atoms with Crippen LogP contribution in [0.2, 0.25) is 0 Å². The van der Waals surface area contributed by atoms with E-state index in [-0.39, 0.29) is 0 Å². The van der Waals surface area contributed by atoms with E-state index in [9.17, 15) is 9.59 Å². The van der Waals surface area contributed by atoms with Gasteiger partial charge in [0.25, 0.3) is 6.47 Å². The fraction of sp³-hybridized carbons (Fsp3) is 0.0714. The number of carbonyl (C=O) groups excluding carboxylic acids is 2. The third-order valence-corrected chi connectivity index (χ3v) is 4.76. The van der Waals surface area contributed by atoms with Crippen molar-refractivity contribution in [2.75, 3.05) is 0 Å². The van der Waals surface area contributed by atoms with Crippen LogP contribution in [0.3, 0.4) is 0 Å². The van der Waals surface area contributed by atoms with Crippen LogP contribution in [-0.2, 0) is 19.1 Å². The molecule has 0 radical (unpaired) electrons. The number of rotatable bonds is 10. The Bertz CT molecular complexity index is 1200. The van der Waals surface area contributed by atoms with Gasteiger partial charge in [0.1, 0.15) is 36.5 Å². The average molecular weight is 456 g/mol. The predicted molar refractivity (Wildman–Crippen MR) is 130 cm³/mol. The molecule has 0 N–H and O–H groups in total. The van der Waals surface area contributed by atoms with Crippen LogP contribution in [0.4, 0.5) is 0 Å². The average Bonchev–Trinajstić information content (AvgIpc) is 2.85. The molecule has 0 heterocycles. The van der Waals surface area contributed by atoms with Crippen molar-refractivity contribution < 1.29 is 28.5 Å². The van der Waals surface area contributed by atoms with Crippen LogP contribution in [0, 0.1) is 6.92 Å². The third-order valence-electron chi connectivity index (χ3n) is 4.76. The van der Waals surface area contributed by atoms with Crippen LogP contribution in [0.1, 0.15) is 12.5 Å². The topological polar surface area (TPSA) is 71.1 Å². The zero-order valence-corrected chi connectivity index (χ0v) is 18.9. The Labute approximate surface area is 198 Å². The summed E-state index contributed by atoms with van der Waals surface area (Å²) in [5, 5.41) is 0. The Balaban J connectivity index is 1.63. The fourth-order valence-electron chi connectivity index (χ4n) is 3.07. The zero-order valence-electron chi connectivity index (χ0n) is 18.9. The van der Waals surface area contributed by atoms with Gasteiger partial charge >= 0.3 is 5.97 Å². The van der Waals surface area contributed by atoms with Crippen LogP contribution >= 0.6 is 0 Å². The molecule has 6 heteroatoms. The van der Waals surface area contributed by atoms with Gasteiger partial charge < -0.3 is 18.9 Å². The number of esters is 1. The molecule has 3 rings (SSSR count). The standard InChI is InChI=1S/C28H24O6/c1-20(2)28(30)34-17-16-32-25-10-8-23(9-11-25)22-4-6-24(7-5-22)27-13-12-26(18-21(27)3)33-15-14-31-19-29/h4-19H,1H2,2-3H3/b15-14-,17-16-. The Kier molecular flexibility index (Phi) is 8.41. The van der Waals surface area contributed by atoms with Crippen molar-refractivity contribution in [1.29, 1.82) is 0 Å². The first kappa shape index (κ1) is 24.1. The number of benzene rings is 3. The molecular formula is C28H24O6. The quantitative estimate of drug-likeness (QED) is 0.154. The van der Waals surface area contributed by atoms with Crippen molar-refractivity contribution in [1.82, 2.24) is 0 Å². The third kappa shape index (κ3) is 6.71. The molecule has 6 nitrogen and oxygen atoms in total. The molecule has 0 atom stereocenters. The monoisotopic (exact) mass is 456 g/mol. The van der Waals surface area contributed by atoms with Crippen molar-refractivity contribution in [2.24, 2.45) is 0 Å². The second-order valence-corrected chi connectivity index (χ2v) is 7.28. The second-order valence-electron chi connectivity index (χ2n) is 7.28. The second kappa shape index (κ2) is 11.9. The fourth-order valence-corrected chi connectivity index (χ4v) is 3.07. The Morgan fingerprint density at radius 2 is 1.32 bits per heavy atom. The highest BCUT2D eigenvalue weighted by Gasteiger charge is 2.05. The summed E-state index contributed by atoms with van der Waals surface area (Å²) in [4.78, 5) is 21.4. The highest BCUT2D eigenvalue weighted by atomic mass is 16.5. The zero-order chi connectivity index (χ0) is 24.3. The van der Waals surface area contributed by atoms with Crippen molar-refractivity contribution in [2.45, 2.75) is 13.8 Å². The molecule has 0 unspecified atom stereocenters. The molecule has 34 heavy (non-hydrogen) atoms. The minimum absolute atomic E-state index is 0.316. The van der Waals surface area contributed by atoms with Gasteiger partial charge in [0, 0.05) is 5.57 Å². The normalized spacial score (nSPS) is 10.8. The summed E-state index contributed by atoms with van der Waals surface area (Å²) in [6.07, 6.45) is 4.97. The summed E-state index contributed by atoms with van der Waals surface area (Å²) in [5.74, 6) is 0.764. The van der Waals surface area contributed by atoms with Gasteiger partial charge in [0.2, 0.25) is 0 Å². The lowest BCUT2D eigenvalue weighted by Crippen LogP contribution is -1.99. The minimum atomic E-state index is -0.503. The lowest BCUT2D eigenvalue weighted by Gasteiger charge is -2.10. The molecule has 0 bridgehead atoms. The Hall–Kier alpha value is -4.58. The molecule has 0 saturated carbocycles. The van der Waals surface area contributed by atoms with Gasteiger partial charge in [-0.2, -0.15) is 0 Å². The molecule has 0 amide bonds. The summed E-state index contributed by atoms with van der Waals surface area (Å²) in [7, 11) is 0. The van der Waals surface area contributed by atoms with E-state index >= 15 is 0 Å². The smallest absolute Gasteiger partial charge is 0.338 e. The number of carbonyl (C=O) groups is 2. The van der Waals surface area contributed by atoms with Crippen LogP contribution in [0.15, 0.2) is 104 Å². The molecule has 0 aliphatic heterocycles. The molecular weight excluding hydrogens is 432 g/mol. The lowest BCUT2D eigenvalue weighted by molar-refractivity contribution is -0.133. The van der Waals surface area contributed by atoms with Crippen molar-refractivity contribution in [3.63, 3.8) is 0 Å². The van der Waals surface area contributed by atoms with Crippen molar-refractivity contribution in [3.8, 4) is 33.8 Å². The minimum Gasteiger partial charge on any atom is -0.462 e. The molecule has 0 saturated heterocycles. The van der Waals surface area contributed by atoms with Gasteiger partial charge in [0.05, 0.1) is 0 Å². The molecule has 0 aromatic heterocycles. The summed E-state index contributed by atoms with van der Waals surface area (Å²) >= 11 is 0. The van der Waals surface area contributed by atoms with E-state index in [1.807, 2.05) is 49.4 Å². The van der Waals surface area contributed by atoms with E-state index in [0.717, 1.165) is 27.8 Å². The van der Waals surface area contributed by atoms with E-state index in [2.05, 4.69) is 35.6 Å². The Morgan fingerprint density at radius 3 is 1.94 bits per heavy atom. The van der Waals surface area contributed by atoms with Crippen LogP contribution in [-0.4, -0.2) is 12.4 Å². The van der Waals surface area contributed by atoms with Gasteiger partial charge in [-0.3, -0.25) is 4.79 Å². The van der Waals surface area contributed by atoms with Crippen LogP contribution in [0.25, 0.3) is 22.3 Å². The molecule has 3 aromatic carbocycles. The van der Waals surface area contributed by atoms with Gasteiger partial charge in [0.15, 0.2) is 0 Å². The Morgan fingerprint density at radius 1 is 0.765 bits per heavy atom. The largest absolute Gasteiger partial charge is 0.462 e. The highest BCUT2D eigenvalue weighted by molar-refractivity contribution is 5.87. The molecule has 0 fully saturated rings. The number of hydrogen-bond donors (Lipinski definition) is 0. The van der Waals surface area contributed by atoms with Gasteiger partial charge in [-0.1, -0.05) is 49.0 Å². The van der Waals surface area contributed by atoms with E-state index in [0.29, 0.717) is 23.5 Å². The van der Waals surface area contributed by atoms with Gasteiger partial charge in [-0.05, 0) is 65.9 Å². The van der Waals surface area contributed by atoms with Crippen LogP contribution < -0.4 is 9.47 Å². The van der Waals surface area contributed by atoms with Gasteiger partial charge in [-0.25, -0.2) is 4.79 Å². The molecule has 172 valence electrons. The molecule has 0 aliphatic carbocycles. The summed E-state index contributed by atoms with van der Waals surface area (Å²) in [5.41, 5.74) is 5.66. The van der Waals surface area contributed by atoms with Crippen molar-refractivity contribution >= 4 is 12.4 Å². The van der Waals surface area contributed by atoms with E-state index in [1.165, 1.54) is 25.0 Å². The van der Waals surface area contributed by atoms with E-state index < -0.39 is 5.97 Å². The highest BCUT2D eigenvalue weighted by Crippen LogP contribution is 2.30.